The van der Waals surface area contributed by atoms with E-state index in [1.54, 1.807) is 0 Å². The van der Waals surface area contributed by atoms with E-state index in [1.165, 1.54) is 42.8 Å². The fourth-order valence-electron chi connectivity index (χ4n) is 3.80. The van der Waals surface area contributed by atoms with E-state index in [-0.39, 0.29) is 5.54 Å². The van der Waals surface area contributed by atoms with Crippen LogP contribution in [0, 0.1) is 18.3 Å². The normalized spacial score (nSPS) is 27.8. The molecule has 0 bridgehead atoms. The summed E-state index contributed by atoms with van der Waals surface area (Å²) in [6.45, 7) is 12.6. The Kier molecular flexibility index (Phi) is 4.91. The highest BCUT2D eigenvalue weighted by molar-refractivity contribution is 7.09. The quantitative estimate of drug-likeness (QED) is 0.856. The molecule has 0 aliphatic heterocycles. The molecule has 1 aromatic rings. The van der Waals surface area contributed by atoms with Crippen molar-refractivity contribution >= 4 is 11.3 Å². The molecule has 1 aliphatic carbocycles. The zero-order valence-electron chi connectivity index (χ0n) is 13.8. The fourth-order valence-corrected chi connectivity index (χ4v) is 4.85. The Morgan fingerprint density at radius 3 is 2.70 bits per heavy atom. The summed E-state index contributed by atoms with van der Waals surface area (Å²) in [5.41, 5.74) is 1.59. The lowest BCUT2D eigenvalue weighted by molar-refractivity contribution is 0.0478. The van der Waals surface area contributed by atoms with Crippen LogP contribution in [-0.2, 0) is 5.54 Å². The molecule has 1 aliphatic rings. The van der Waals surface area contributed by atoms with Crippen LogP contribution in [0.3, 0.4) is 0 Å². The third-order valence-electron chi connectivity index (χ3n) is 4.65. The molecule has 114 valence electrons. The van der Waals surface area contributed by atoms with Gasteiger partial charge < -0.3 is 5.32 Å². The van der Waals surface area contributed by atoms with Crippen molar-refractivity contribution in [3.05, 3.63) is 16.1 Å². The van der Waals surface area contributed by atoms with Crippen LogP contribution >= 0.6 is 11.3 Å². The summed E-state index contributed by atoms with van der Waals surface area (Å²) in [5.74, 6) is 0.667. The number of hydrogen-bond acceptors (Lipinski definition) is 3. The van der Waals surface area contributed by atoms with Gasteiger partial charge in [0.2, 0.25) is 0 Å². The molecule has 1 aromatic heterocycles. The maximum Gasteiger partial charge on any atom is 0.113 e. The minimum Gasteiger partial charge on any atom is -0.305 e. The molecule has 20 heavy (non-hydrogen) atoms. The number of nitrogens with one attached hydrogen (secondary N) is 1. The highest BCUT2D eigenvalue weighted by Gasteiger charge is 2.48. The zero-order valence-corrected chi connectivity index (χ0v) is 14.6. The number of rotatable bonds is 4. The van der Waals surface area contributed by atoms with Gasteiger partial charge in [-0.25, -0.2) is 4.98 Å². The molecule has 0 spiro atoms. The van der Waals surface area contributed by atoms with E-state index in [1.807, 2.05) is 11.3 Å². The van der Waals surface area contributed by atoms with Gasteiger partial charge in [0.05, 0.1) is 5.54 Å². The van der Waals surface area contributed by atoms with E-state index < -0.39 is 0 Å². The molecule has 2 atom stereocenters. The van der Waals surface area contributed by atoms with Crippen molar-refractivity contribution in [2.75, 3.05) is 6.54 Å². The molecular weight excluding hydrogens is 264 g/mol. The van der Waals surface area contributed by atoms with Crippen molar-refractivity contribution in [2.24, 2.45) is 11.3 Å². The van der Waals surface area contributed by atoms with Crippen molar-refractivity contribution in [3.63, 3.8) is 0 Å². The molecule has 0 aromatic carbocycles. The smallest absolute Gasteiger partial charge is 0.113 e. The van der Waals surface area contributed by atoms with Crippen molar-refractivity contribution in [1.29, 1.82) is 0 Å². The van der Waals surface area contributed by atoms with Crippen molar-refractivity contribution in [2.45, 2.75) is 72.3 Å². The first kappa shape index (κ1) is 16.0. The SMILES string of the molecule is CCCNC1(c2nc(C)cs2)CCCCC1C(C)(C)C. The predicted octanol–water partition coefficient (Wildman–Crippen LogP) is 4.88. The van der Waals surface area contributed by atoms with Gasteiger partial charge in [0.1, 0.15) is 5.01 Å². The van der Waals surface area contributed by atoms with Crippen LogP contribution < -0.4 is 5.32 Å². The van der Waals surface area contributed by atoms with Crippen LogP contribution in [0.25, 0.3) is 0 Å². The third kappa shape index (κ3) is 3.09. The summed E-state index contributed by atoms with van der Waals surface area (Å²) in [5, 5.41) is 7.45. The summed E-state index contributed by atoms with van der Waals surface area (Å²) in [4.78, 5) is 4.88. The Labute approximate surface area is 128 Å². The molecule has 1 fully saturated rings. The van der Waals surface area contributed by atoms with E-state index >= 15 is 0 Å². The Hall–Kier alpha value is -0.410. The van der Waals surface area contributed by atoms with Gasteiger partial charge in [-0.05, 0) is 44.1 Å². The molecule has 3 heteroatoms. The van der Waals surface area contributed by atoms with Gasteiger partial charge in [0.25, 0.3) is 0 Å². The van der Waals surface area contributed by atoms with E-state index in [9.17, 15) is 0 Å². The number of aryl methyl sites for hydroxylation is 1. The van der Waals surface area contributed by atoms with Gasteiger partial charge in [0, 0.05) is 11.1 Å². The molecule has 2 nitrogen and oxygen atoms in total. The first-order valence-electron chi connectivity index (χ1n) is 8.08. The second-order valence-electron chi connectivity index (χ2n) is 7.36. The number of hydrogen-bond donors (Lipinski definition) is 1. The Bertz CT molecular complexity index is 432. The molecule has 1 heterocycles. The second kappa shape index (κ2) is 6.15. The molecule has 0 amide bonds. The van der Waals surface area contributed by atoms with Crippen molar-refractivity contribution in [1.82, 2.24) is 10.3 Å². The maximum absolute atomic E-state index is 4.88. The number of aromatic nitrogens is 1. The zero-order chi connectivity index (χ0) is 14.8. The van der Waals surface area contributed by atoms with E-state index in [2.05, 4.69) is 45.3 Å². The van der Waals surface area contributed by atoms with E-state index in [0.717, 1.165) is 6.54 Å². The van der Waals surface area contributed by atoms with Crippen LogP contribution in [-0.4, -0.2) is 11.5 Å². The summed E-state index contributed by atoms with van der Waals surface area (Å²) in [7, 11) is 0. The summed E-state index contributed by atoms with van der Waals surface area (Å²) >= 11 is 1.85. The summed E-state index contributed by atoms with van der Waals surface area (Å²) in [6.07, 6.45) is 6.42. The first-order valence-corrected chi connectivity index (χ1v) is 8.96. The lowest BCUT2D eigenvalue weighted by atomic mass is 9.62. The van der Waals surface area contributed by atoms with Crippen LogP contribution in [0.2, 0.25) is 0 Å². The van der Waals surface area contributed by atoms with Gasteiger partial charge in [-0.15, -0.1) is 11.3 Å². The third-order valence-corrected chi connectivity index (χ3v) is 5.78. The minimum atomic E-state index is 0.103. The standard InChI is InChI=1S/C17H30N2S/c1-6-11-18-17(15-19-13(2)12-20-15)10-8-7-9-14(17)16(3,4)5/h12,14,18H,6-11H2,1-5H3. The Morgan fingerprint density at radius 1 is 1.40 bits per heavy atom. The van der Waals surface area contributed by atoms with Crippen LogP contribution in [0.4, 0.5) is 0 Å². The molecule has 1 N–H and O–H groups in total. The highest BCUT2D eigenvalue weighted by atomic mass is 32.1. The van der Waals surface area contributed by atoms with E-state index in [0.29, 0.717) is 11.3 Å². The van der Waals surface area contributed by atoms with Crippen molar-refractivity contribution < 1.29 is 0 Å². The van der Waals surface area contributed by atoms with Gasteiger partial charge in [-0.2, -0.15) is 0 Å². The average Bonchev–Trinajstić information content (AvgIpc) is 2.83. The minimum absolute atomic E-state index is 0.103. The highest BCUT2D eigenvalue weighted by Crippen LogP contribution is 2.50. The summed E-state index contributed by atoms with van der Waals surface area (Å²) < 4.78 is 0. The maximum atomic E-state index is 4.88. The van der Waals surface area contributed by atoms with Crippen LogP contribution in [0.15, 0.2) is 5.38 Å². The van der Waals surface area contributed by atoms with Gasteiger partial charge in [-0.1, -0.05) is 40.5 Å². The Balaban J connectivity index is 2.42. The number of nitrogens with zero attached hydrogens (tertiary/aromatic N) is 1. The summed E-state index contributed by atoms with van der Waals surface area (Å²) in [6, 6.07) is 0. The molecule has 0 radical (unpaired) electrons. The number of thiazole rings is 1. The average molecular weight is 295 g/mol. The monoisotopic (exact) mass is 294 g/mol. The van der Waals surface area contributed by atoms with Crippen LogP contribution in [0.5, 0.6) is 0 Å². The second-order valence-corrected chi connectivity index (χ2v) is 8.21. The largest absolute Gasteiger partial charge is 0.305 e. The van der Waals surface area contributed by atoms with Gasteiger partial charge in [-0.3, -0.25) is 0 Å². The molecule has 1 saturated carbocycles. The predicted molar refractivity (Wildman–Crippen MR) is 88.2 cm³/mol. The van der Waals surface area contributed by atoms with Crippen LogP contribution in [0.1, 0.15) is 70.5 Å². The molecule has 0 saturated heterocycles. The molecule has 2 unspecified atom stereocenters. The lowest BCUT2D eigenvalue weighted by Crippen LogP contribution is -2.54. The van der Waals surface area contributed by atoms with E-state index in [4.69, 9.17) is 4.98 Å². The Morgan fingerprint density at radius 2 is 2.15 bits per heavy atom. The lowest BCUT2D eigenvalue weighted by Gasteiger charge is -2.49. The van der Waals surface area contributed by atoms with Gasteiger partial charge in [0.15, 0.2) is 0 Å². The molecule has 2 rings (SSSR count). The topological polar surface area (TPSA) is 24.9 Å². The van der Waals surface area contributed by atoms with Crippen molar-refractivity contribution in [3.8, 4) is 0 Å². The fraction of sp³-hybridized carbons (Fsp3) is 0.824. The first-order chi connectivity index (χ1) is 9.40. The van der Waals surface area contributed by atoms with Gasteiger partial charge >= 0.3 is 0 Å². The molecular formula is C17H30N2S.